The molecule has 4 heteroatoms. The van der Waals surface area contributed by atoms with E-state index in [0.717, 1.165) is 10.6 Å². The monoisotopic (exact) mass is 232 g/mol. The Morgan fingerprint density at radius 3 is 2.20 bits per heavy atom. The number of rotatable bonds is 3. The summed E-state index contributed by atoms with van der Waals surface area (Å²) in [5.41, 5.74) is 1.05. The third-order valence-electron chi connectivity index (χ3n) is 1.46. The van der Waals surface area contributed by atoms with E-state index in [9.17, 15) is 0 Å². The third-order valence-corrected chi connectivity index (χ3v) is 2.44. The minimum Gasteiger partial charge on any atom is -0.644 e. The van der Waals surface area contributed by atoms with Crippen LogP contribution in [0.4, 0.5) is 0 Å². The van der Waals surface area contributed by atoms with Gasteiger partial charge in [-0.1, -0.05) is 30.0 Å². The molecule has 1 aromatic rings. The molecule has 0 radical (unpaired) electrons. The van der Waals surface area contributed by atoms with Crippen LogP contribution in [-0.2, 0) is 4.43 Å². The molecule has 0 heterocycles. The second kappa shape index (κ2) is 6.45. The molecule has 0 unspecified atom stereocenters. The van der Waals surface area contributed by atoms with Gasteiger partial charge in [-0.3, -0.25) is 0 Å². The summed E-state index contributed by atoms with van der Waals surface area (Å²) >= 11 is 5.76. The van der Waals surface area contributed by atoms with Crippen LogP contribution in [0, 0.1) is 6.26 Å². The topological polar surface area (TPSA) is 9.23 Å². The molecule has 1 nitrogen and oxygen atoms in total. The SMILES string of the molecule is C[Si](C)(C)O[C-]=Cc1ccc(Cl)cc1.[Li+]. The van der Waals surface area contributed by atoms with Gasteiger partial charge in [-0.25, -0.2) is 0 Å². The summed E-state index contributed by atoms with van der Waals surface area (Å²) in [5.74, 6) is 0. The summed E-state index contributed by atoms with van der Waals surface area (Å²) in [6.07, 6.45) is 4.68. The second-order valence-electron chi connectivity index (χ2n) is 4.03. The summed E-state index contributed by atoms with van der Waals surface area (Å²) in [7, 11) is -1.49. The van der Waals surface area contributed by atoms with Gasteiger partial charge in [0.25, 0.3) is 0 Å². The smallest absolute Gasteiger partial charge is 0.644 e. The number of hydrogen-bond acceptors (Lipinski definition) is 1. The van der Waals surface area contributed by atoms with E-state index in [0.29, 0.717) is 0 Å². The normalized spacial score (nSPS) is 11.2. The van der Waals surface area contributed by atoms with Crippen LogP contribution < -0.4 is 18.9 Å². The van der Waals surface area contributed by atoms with E-state index in [1.165, 1.54) is 0 Å². The van der Waals surface area contributed by atoms with Crippen molar-refractivity contribution in [1.82, 2.24) is 0 Å². The molecule has 0 bridgehead atoms. The Hall–Kier alpha value is -0.136. The van der Waals surface area contributed by atoms with Crippen molar-refractivity contribution in [3.63, 3.8) is 0 Å². The number of benzene rings is 1. The zero-order valence-corrected chi connectivity index (χ0v) is 11.4. The fourth-order valence-corrected chi connectivity index (χ4v) is 1.37. The standard InChI is InChI=1S/C11H14ClOSi.Li/c1-14(2,3)13-9-8-10-4-6-11(12)7-5-10;/h4-8H,1-3H3;/q-1;+1. The molecule has 15 heavy (non-hydrogen) atoms. The Morgan fingerprint density at radius 1 is 1.20 bits per heavy atom. The van der Waals surface area contributed by atoms with Crippen LogP contribution in [0.15, 0.2) is 24.3 Å². The molecule has 0 aromatic heterocycles. The summed E-state index contributed by atoms with van der Waals surface area (Å²) in [6.45, 7) is 6.36. The first-order chi connectivity index (χ1) is 6.47. The first kappa shape index (κ1) is 14.9. The van der Waals surface area contributed by atoms with Crippen molar-refractivity contribution < 1.29 is 23.3 Å². The first-order valence-electron chi connectivity index (χ1n) is 4.50. The number of hydrogen-bond donors (Lipinski definition) is 0. The van der Waals surface area contributed by atoms with E-state index >= 15 is 0 Å². The molecule has 1 aromatic carbocycles. The fourth-order valence-electron chi connectivity index (χ4n) is 0.833. The Bertz CT molecular complexity index is 316. The molecule has 0 atom stereocenters. The van der Waals surface area contributed by atoms with Gasteiger partial charge in [-0.05, 0) is 19.6 Å². The van der Waals surface area contributed by atoms with Gasteiger partial charge >= 0.3 is 18.9 Å². The average Bonchev–Trinajstić information content (AvgIpc) is 2.06. The predicted molar refractivity (Wildman–Crippen MR) is 63.6 cm³/mol. The van der Waals surface area contributed by atoms with E-state index in [1.54, 1.807) is 0 Å². The van der Waals surface area contributed by atoms with Crippen LogP contribution in [0.3, 0.4) is 0 Å². The van der Waals surface area contributed by atoms with Gasteiger partial charge in [0.1, 0.15) is 0 Å². The molecular formula is C11H14ClLiOSi. The maximum absolute atomic E-state index is 5.76. The zero-order valence-electron chi connectivity index (χ0n) is 9.67. The van der Waals surface area contributed by atoms with Gasteiger partial charge in [-0.2, -0.15) is 11.6 Å². The minimum atomic E-state index is -1.49. The van der Waals surface area contributed by atoms with Crippen molar-refractivity contribution >= 4 is 26.0 Å². The molecule has 0 aliphatic rings. The van der Waals surface area contributed by atoms with Gasteiger partial charge in [0.15, 0.2) is 0 Å². The van der Waals surface area contributed by atoms with E-state index in [4.69, 9.17) is 16.0 Å². The van der Waals surface area contributed by atoms with Crippen LogP contribution in [-0.4, -0.2) is 8.32 Å². The molecular weight excluding hydrogens is 219 g/mol. The van der Waals surface area contributed by atoms with Crippen molar-refractivity contribution in [3.05, 3.63) is 41.1 Å². The first-order valence-corrected chi connectivity index (χ1v) is 8.28. The molecule has 0 amide bonds. The van der Waals surface area contributed by atoms with Crippen molar-refractivity contribution in [2.24, 2.45) is 0 Å². The Morgan fingerprint density at radius 2 is 1.73 bits per heavy atom. The van der Waals surface area contributed by atoms with Crippen molar-refractivity contribution in [2.45, 2.75) is 19.6 Å². The quantitative estimate of drug-likeness (QED) is 0.429. The molecule has 0 aliphatic carbocycles. The molecule has 0 aliphatic heterocycles. The van der Waals surface area contributed by atoms with Gasteiger partial charge in [0, 0.05) is 5.02 Å². The Kier molecular flexibility index (Phi) is 6.39. The van der Waals surface area contributed by atoms with Gasteiger partial charge in [0.2, 0.25) is 8.32 Å². The van der Waals surface area contributed by atoms with E-state index in [2.05, 4.69) is 25.9 Å². The number of halogens is 1. The fraction of sp³-hybridized carbons (Fsp3) is 0.273. The van der Waals surface area contributed by atoms with Crippen molar-refractivity contribution in [3.8, 4) is 0 Å². The summed E-state index contributed by atoms with van der Waals surface area (Å²) in [5, 5.41) is 0.744. The largest absolute Gasteiger partial charge is 1.00 e. The maximum Gasteiger partial charge on any atom is 1.00 e. The predicted octanol–water partition coefficient (Wildman–Crippen LogP) is 0.969. The van der Waals surface area contributed by atoms with Crippen LogP contribution >= 0.6 is 11.6 Å². The van der Waals surface area contributed by atoms with Crippen LogP contribution in [0.25, 0.3) is 6.08 Å². The minimum absolute atomic E-state index is 0. The van der Waals surface area contributed by atoms with E-state index in [-0.39, 0.29) is 18.9 Å². The molecule has 76 valence electrons. The van der Waals surface area contributed by atoms with Crippen LogP contribution in [0.1, 0.15) is 5.56 Å². The Balaban J connectivity index is 0.00000196. The van der Waals surface area contributed by atoms with Crippen LogP contribution in [0.5, 0.6) is 0 Å². The second-order valence-corrected chi connectivity index (χ2v) is 8.89. The van der Waals surface area contributed by atoms with E-state index < -0.39 is 8.32 Å². The summed E-state index contributed by atoms with van der Waals surface area (Å²) in [4.78, 5) is 0. The molecule has 1 rings (SSSR count). The Labute approximate surface area is 110 Å². The summed E-state index contributed by atoms with van der Waals surface area (Å²) < 4.78 is 5.46. The maximum atomic E-state index is 5.76. The van der Waals surface area contributed by atoms with E-state index in [1.807, 2.05) is 30.3 Å². The zero-order chi connectivity index (χ0) is 10.6. The average molecular weight is 233 g/mol. The molecule has 0 N–H and O–H groups in total. The van der Waals surface area contributed by atoms with Crippen molar-refractivity contribution in [1.29, 1.82) is 0 Å². The van der Waals surface area contributed by atoms with Crippen molar-refractivity contribution in [2.75, 3.05) is 0 Å². The molecule has 0 fully saturated rings. The molecule has 0 spiro atoms. The third kappa shape index (κ3) is 6.86. The van der Waals surface area contributed by atoms with Crippen LogP contribution in [0.2, 0.25) is 24.7 Å². The van der Waals surface area contributed by atoms with Gasteiger partial charge in [0.05, 0.1) is 0 Å². The molecule has 0 saturated heterocycles. The van der Waals surface area contributed by atoms with Gasteiger partial charge < -0.3 is 4.43 Å². The summed E-state index contributed by atoms with van der Waals surface area (Å²) in [6, 6.07) is 7.57. The molecule has 0 saturated carbocycles. The van der Waals surface area contributed by atoms with Gasteiger partial charge in [-0.15, -0.1) is 12.1 Å².